The molecule has 0 unspecified atom stereocenters. The molecule has 1 amide bonds. The van der Waals surface area contributed by atoms with Gasteiger partial charge in [0.15, 0.2) is 6.54 Å². The molecule has 140 valence electrons. The second kappa shape index (κ2) is 7.85. The first-order chi connectivity index (χ1) is 11.6. The number of quaternary nitrogens is 1. The summed E-state index contributed by atoms with van der Waals surface area (Å²) in [5.74, 6) is 0.107. The summed E-state index contributed by atoms with van der Waals surface area (Å²) in [5, 5.41) is 0. The zero-order valence-electron chi connectivity index (χ0n) is 15.9. The van der Waals surface area contributed by atoms with Crippen LogP contribution in [-0.4, -0.2) is 69.3 Å². The average Bonchev–Trinajstić information content (AvgIpc) is 2.56. The number of likely N-dealkylation sites (N-methyl/N-ethyl adjacent to an activating group) is 1. The summed E-state index contributed by atoms with van der Waals surface area (Å²) < 4.78 is 27.2. The normalized spacial score (nSPS) is 17.0. The molecule has 0 bridgehead atoms. The van der Waals surface area contributed by atoms with Crippen LogP contribution in [0.25, 0.3) is 0 Å². The molecule has 1 aliphatic rings. The van der Waals surface area contributed by atoms with Crippen LogP contribution in [0.2, 0.25) is 0 Å². The maximum atomic E-state index is 12.8. The second-order valence-corrected chi connectivity index (χ2v) is 9.11. The Labute approximate surface area is 151 Å². The minimum Gasteiger partial charge on any atom is -0.338 e. The quantitative estimate of drug-likeness (QED) is 0.799. The summed E-state index contributed by atoms with van der Waals surface area (Å²) in [6.07, 6.45) is 0. The van der Waals surface area contributed by atoms with Crippen LogP contribution in [0.15, 0.2) is 23.1 Å². The molecule has 1 N–H and O–H groups in total. The molecule has 1 aliphatic heterocycles. The van der Waals surface area contributed by atoms with Gasteiger partial charge >= 0.3 is 0 Å². The Balaban J connectivity index is 1.99. The van der Waals surface area contributed by atoms with Crippen molar-refractivity contribution in [2.24, 2.45) is 0 Å². The molecule has 1 heterocycles. The minimum atomic E-state index is -3.46. The van der Waals surface area contributed by atoms with E-state index in [4.69, 9.17) is 0 Å². The number of hydrogen-bond acceptors (Lipinski definition) is 3. The maximum absolute atomic E-state index is 12.8. The van der Waals surface area contributed by atoms with Crippen LogP contribution in [0, 0.1) is 13.8 Å². The molecule has 1 saturated heterocycles. The van der Waals surface area contributed by atoms with Crippen LogP contribution in [0.1, 0.15) is 25.0 Å². The van der Waals surface area contributed by atoms with Crippen LogP contribution < -0.4 is 4.90 Å². The third-order valence-electron chi connectivity index (χ3n) is 5.11. The lowest BCUT2D eigenvalue weighted by atomic mass is 10.1. The van der Waals surface area contributed by atoms with Crippen LogP contribution >= 0.6 is 0 Å². The molecule has 0 aromatic heterocycles. The number of benzene rings is 1. The minimum absolute atomic E-state index is 0.107. The van der Waals surface area contributed by atoms with Crippen molar-refractivity contribution >= 4 is 15.9 Å². The Morgan fingerprint density at radius 3 is 2.32 bits per heavy atom. The monoisotopic (exact) mass is 368 g/mol. The number of carbonyl (C=O) groups is 1. The molecular formula is C18H30N3O3S+. The van der Waals surface area contributed by atoms with E-state index in [0.717, 1.165) is 16.0 Å². The fraction of sp³-hybridized carbons (Fsp3) is 0.611. The summed E-state index contributed by atoms with van der Waals surface area (Å²) in [4.78, 5) is 15.4. The van der Waals surface area contributed by atoms with Crippen molar-refractivity contribution in [3.8, 4) is 0 Å². The molecule has 6 nitrogen and oxygen atoms in total. The van der Waals surface area contributed by atoms with E-state index in [-0.39, 0.29) is 11.9 Å². The number of amides is 1. The molecule has 7 heteroatoms. The molecule has 1 fully saturated rings. The van der Waals surface area contributed by atoms with E-state index >= 15 is 0 Å². The number of sulfonamides is 1. The molecule has 0 aliphatic carbocycles. The van der Waals surface area contributed by atoms with E-state index in [1.807, 2.05) is 40.8 Å². The summed E-state index contributed by atoms with van der Waals surface area (Å²) >= 11 is 0. The van der Waals surface area contributed by atoms with Gasteiger partial charge in [0.05, 0.1) is 31.1 Å². The Hall–Kier alpha value is -1.44. The fourth-order valence-electron chi connectivity index (χ4n) is 2.87. The molecule has 0 atom stereocenters. The fourth-order valence-corrected chi connectivity index (χ4v) is 4.40. The lowest BCUT2D eigenvalue weighted by Gasteiger charge is -2.32. The predicted molar refractivity (Wildman–Crippen MR) is 98.1 cm³/mol. The van der Waals surface area contributed by atoms with Gasteiger partial charge in [0.25, 0.3) is 5.91 Å². The SMILES string of the molecule is Cc1ccc(S(=O)(=O)N2CC[NH+](CC(=O)N(C)C(C)C)CC2)cc1C. The summed E-state index contributed by atoms with van der Waals surface area (Å²) in [6, 6.07) is 5.45. The van der Waals surface area contributed by atoms with Gasteiger partial charge in [0.2, 0.25) is 10.0 Å². The van der Waals surface area contributed by atoms with E-state index in [2.05, 4.69) is 0 Å². The van der Waals surface area contributed by atoms with Crippen molar-refractivity contribution in [1.29, 1.82) is 0 Å². The lowest BCUT2D eigenvalue weighted by Crippen LogP contribution is -3.15. The molecule has 1 aromatic carbocycles. The van der Waals surface area contributed by atoms with Gasteiger partial charge < -0.3 is 9.80 Å². The van der Waals surface area contributed by atoms with Crippen molar-refractivity contribution in [1.82, 2.24) is 9.21 Å². The maximum Gasteiger partial charge on any atom is 0.277 e. The van der Waals surface area contributed by atoms with Gasteiger partial charge in [0.1, 0.15) is 0 Å². The van der Waals surface area contributed by atoms with Gasteiger partial charge in [-0.05, 0) is 51.0 Å². The Morgan fingerprint density at radius 2 is 1.80 bits per heavy atom. The van der Waals surface area contributed by atoms with Gasteiger partial charge in [-0.1, -0.05) is 6.07 Å². The molecular weight excluding hydrogens is 338 g/mol. The highest BCUT2D eigenvalue weighted by Gasteiger charge is 2.31. The van der Waals surface area contributed by atoms with Gasteiger partial charge in [-0.25, -0.2) is 8.42 Å². The van der Waals surface area contributed by atoms with Gasteiger partial charge in [0, 0.05) is 13.1 Å². The highest BCUT2D eigenvalue weighted by Crippen LogP contribution is 2.19. The first-order valence-corrected chi connectivity index (χ1v) is 10.2. The number of piperazine rings is 1. The zero-order valence-corrected chi connectivity index (χ0v) is 16.7. The Morgan fingerprint density at radius 1 is 1.20 bits per heavy atom. The first kappa shape index (κ1) is 19.9. The number of nitrogens with zero attached hydrogens (tertiary/aromatic N) is 2. The number of hydrogen-bond donors (Lipinski definition) is 1. The van der Waals surface area contributed by atoms with E-state index in [1.165, 1.54) is 4.31 Å². The average molecular weight is 369 g/mol. The van der Waals surface area contributed by atoms with Crippen LogP contribution in [-0.2, 0) is 14.8 Å². The van der Waals surface area contributed by atoms with Crippen molar-refractivity contribution in [2.75, 3.05) is 39.8 Å². The highest BCUT2D eigenvalue weighted by atomic mass is 32.2. The predicted octanol–water partition coefficient (Wildman–Crippen LogP) is 0.0594. The third-order valence-corrected chi connectivity index (χ3v) is 7.01. The summed E-state index contributed by atoms with van der Waals surface area (Å²) in [6.45, 7) is 10.5. The van der Waals surface area contributed by atoms with Gasteiger partial charge in [-0.2, -0.15) is 4.31 Å². The van der Waals surface area contributed by atoms with Crippen LogP contribution in [0.3, 0.4) is 0 Å². The second-order valence-electron chi connectivity index (χ2n) is 7.18. The zero-order chi connectivity index (χ0) is 18.8. The highest BCUT2D eigenvalue weighted by molar-refractivity contribution is 7.89. The van der Waals surface area contributed by atoms with Gasteiger partial charge in [-0.3, -0.25) is 4.79 Å². The molecule has 0 spiro atoms. The summed E-state index contributed by atoms with van der Waals surface area (Å²) in [7, 11) is -1.65. The molecule has 0 saturated carbocycles. The standard InChI is InChI=1S/C18H29N3O3S/c1-14(2)19(5)18(22)13-20-8-10-21(11-9-20)25(23,24)17-7-6-15(3)16(4)12-17/h6-7,12,14H,8-11,13H2,1-5H3/p+1. The number of carbonyl (C=O) groups excluding carboxylic acids is 1. The number of nitrogens with one attached hydrogen (secondary N) is 1. The van der Waals surface area contributed by atoms with E-state index in [0.29, 0.717) is 37.6 Å². The smallest absolute Gasteiger partial charge is 0.277 e. The van der Waals surface area contributed by atoms with Crippen molar-refractivity contribution in [3.05, 3.63) is 29.3 Å². The molecule has 25 heavy (non-hydrogen) atoms. The Bertz CT molecular complexity index is 723. The van der Waals surface area contributed by atoms with E-state index in [1.54, 1.807) is 17.0 Å². The summed E-state index contributed by atoms with van der Waals surface area (Å²) in [5.41, 5.74) is 2.06. The van der Waals surface area contributed by atoms with Gasteiger partial charge in [-0.15, -0.1) is 0 Å². The third kappa shape index (κ3) is 4.59. The molecule has 2 rings (SSSR count). The topological polar surface area (TPSA) is 62.1 Å². The van der Waals surface area contributed by atoms with Crippen LogP contribution in [0.4, 0.5) is 0 Å². The first-order valence-electron chi connectivity index (χ1n) is 8.79. The molecule has 0 radical (unpaired) electrons. The number of aryl methyl sites for hydroxylation is 2. The lowest BCUT2D eigenvalue weighted by molar-refractivity contribution is -0.896. The van der Waals surface area contributed by atoms with E-state index in [9.17, 15) is 13.2 Å². The van der Waals surface area contributed by atoms with Crippen molar-refractivity contribution < 1.29 is 18.1 Å². The number of rotatable bonds is 5. The van der Waals surface area contributed by atoms with Crippen LogP contribution in [0.5, 0.6) is 0 Å². The Kier molecular flexibility index (Phi) is 6.24. The van der Waals surface area contributed by atoms with Crippen molar-refractivity contribution in [2.45, 2.75) is 38.6 Å². The van der Waals surface area contributed by atoms with E-state index < -0.39 is 10.0 Å². The largest absolute Gasteiger partial charge is 0.338 e. The van der Waals surface area contributed by atoms with Crippen molar-refractivity contribution in [3.63, 3.8) is 0 Å². The molecule has 1 aromatic rings.